The minimum Gasteiger partial charge on any atom is -0.454 e. The van der Waals surface area contributed by atoms with Crippen LogP contribution in [0.4, 0.5) is 0 Å². The van der Waals surface area contributed by atoms with E-state index in [1.807, 2.05) is 42.5 Å². The Bertz CT molecular complexity index is 1080. The van der Waals surface area contributed by atoms with Gasteiger partial charge in [-0.05, 0) is 35.9 Å². The van der Waals surface area contributed by atoms with E-state index in [-0.39, 0.29) is 17.5 Å². The first-order valence-corrected chi connectivity index (χ1v) is 10.6. The summed E-state index contributed by atoms with van der Waals surface area (Å²) in [5, 5.41) is -0.189. The van der Waals surface area contributed by atoms with E-state index < -0.39 is 16.0 Å². The maximum atomic E-state index is 12.0. The number of carbonyl (C=O) groups excluding carboxylic acids is 1. The minimum absolute atomic E-state index is 0.147. The van der Waals surface area contributed by atoms with Gasteiger partial charge >= 0.3 is 5.97 Å². The van der Waals surface area contributed by atoms with Crippen LogP contribution in [0.1, 0.15) is 10.6 Å². The molecule has 8 heteroatoms. The van der Waals surface area contributed by atoms with Crippen molar-refractivity contribution in [3.05, 3.63) is 71.3 Å². The molecule has 2 aromatic heterocycles. The van der Waals surface area contributed by atoms with E-state index >= 15 is 0 Å². The molecule has 0 radical (unpaired) electrons. The normalized spacial score (nSPS) is 12.0. The van der Waals surface area contributed by atoms with Gasteiger partial charge in [0.25, 0.3) is 10.0 Å². The summed E-state index contributed by atoms with van der Waals surface area (Å²) in [6.07, 6.45) is 3.02. The largest absolute Gasteiger partial charge is 0.454 e. The van der Waals surface area contributed by atoms with Crippen LogP contribution < -0.4 is 0 Å². The zero-order chi connectivity index (χ0) is 20.1. The highest BCUT2D eigenvalue weighted by molar-refractivity contribution is 7.88. The number of rotatable bonds is 7. The van der Waals surface area contributed by atoms with Crippen molar-refractivity contribution < 1.29 is 22.4 Å². The van der Waals surface area contributed by atoms with E-state index in [9.17, 15) is 13.2 Å². The number of sulfonamides is 1. The van der Waals surface area contributed by atoms with Gasteiger partial charge in [-0.2, -0.15) is 0 Å². The van der Waals surface area contributed by atoms with Crippen LogP contribution in [0.25, 0.3) is 16.5 Å². The first-order chi connectivity index (χ1) is 13.4. The molecule has 0 aliphatic rings. The van der Waals surface area contributed by atoms with E-state index in [1.165, 1.54) is 32.3 Å². The molecule has 146 valence electrons. The molecule has 0 bridgehead atoms. The molecule has 0 N–H and O–H groups in total. The van der Waals surface area contributed by atoms with Crippen molar-refractivity contribution in [2.75, 3.05) is 14.1 Å². The van der Waals surface area contributed by atoms with Gasteiger partial charge in [0.05, 0.1) is 0 Å². The summed E-state index contributed by atoms with van der Waals surface area (Å²) in [5.74, 6) is -0.284. The molecule has 0 saturated heterocycles. The van der Waals surface area contributed by atoms with Gasteiger partial charge in [0.2, 0.25) is 5.09 Å². The summed E-state index contributed by atoms with van der Waals surface area (Å²) in [7, 11) is -0.822. The second-order valence-corrected chi connectivity index (χ2v) is 9.22. The number of benzene rings is 1. The molecule has 3 aromatic rings. The van der Waals surface area contributed by atoms with Gasteiger partial charge in [0.1, 0.15) is 12.4 Å². The molecule has 0 aliphatic carbocycles. The third-order valence-corrected chi connectivity index (χ3v) is 6.59. The molecule has 0 fully saturated rings. The summed E-state index contributed by atoms with van der Waals surface area (Å²) >= 11 is 1.57. The van der Waals surface area contributed by atoms with E-state index in [4.69, 9.17) is 9.15 Å². The Hall–Kier alpha value is -2.68. The molecule has 0 aliphatic heterocycles. The van der Waals surface area contributed by atoms with Crippen molar-refractivity contribution in [3.8, 4) is 10.4 Å². The molecular weight excluding hydrogens is 398 g/mol. The zero-order valence-corrected chi connectivity index (χ0v) is 17.0. The Morgan fingerprint density at radius 2 is 1.86 bits per heavy atom. The fourth-order valence-corrected chi connectivity index (χ4v) is 4.02. The number of carbonyl (C=O) groups is 1. The molecule has 0 unspecified atom stereocenters. The van der Waals surface area contributed by atoms with E-state index in [2.05, 4.69) is 0 Å². The summed E-state index contributed by atoms with van der Waals surface area (Å²) in [5.41, 5.74) is 1.12. The summed E-state index contributed by atoms with van der Waals surface area (Å²) < 4.78 is 35.3. The lowest BCUT2D eigenvalue weighted by Gasteiger charge is -2.07. The fraction of sp³-hybridized carbons (Fsp3) is 0.150. The molecule has 0 saturated carbocycles. The Labute approximate surface area is 167 Å². The van der Waals surface area contributed by atoms with Crippen LogP contribution in [0.15, 0.2) is 70.2 Å². The van der Waals surface area contributed by atoms with Gasteiger partial charge in [0.15, 0.2) is 0 Å². The van der Waals surface area contributed by atoms with Crippen molar-refractivity contribution in [3.63, 3.8) is 0 Å². The zero-order valence-electron chi connectivity index (χ0n) is 15.4. The summed E-state index contributed by atoms with van der Waals surface area (Å²) in [4.78, 5) is 13.9. The summed E-state index contributed by atoms with van der Waals surface area (Å²) in [6, 6.07) is 16.7. The van der Waals surface area contributed by atoms with Crippen LogP contribution in [-0.4, -0.2) is 32.8 Å². The van der Waals surface area contributed by atoms with Gasteiger partial charge in [-0.25, -0.2) is 17.5 Å². The molecule has 28 heavy (non-hydrogen) atoms. The first-order valence-electron chi connectivity index (χ1n) is 8.37. The fourth-order valence-electron chi connectivity index (χ4n) is 2.29. The molecular formula is C20H19NO5S2. The van der Waals surface area contributed by atoms with Crippen LogP contribution in [-0.2, 0) is 26.2 Å². The van der Waals surface area contributed by atoms with Crippen LogP contribution in [0, 0.1) is 0 Å². The van der Waals surface area contributed by atoms with Crippen molar-refractivity contribution >= 4 is 33.4 Å². The van der Waals surface area contributed by atoms with E-state index in [0.29, 0.717) is 0 Å². The Balaban J connectivity index is 1.57. The lowest BCUT2D eigenvalue weighted by molar-refractivity contribution is -0.139. The number of hydrogen-bond acceptors (Lipinski definition) is 6. The molecule has 0 spiro atoms. The van der Waals surface area contributed by atoms with Gasteiger partial charge in [-0.3, -0.25) is 0 Å². The average molecular weight is 418 g/mol. The van der Waals surface area contributed by atoms with Crippen molar-refractivity contribution in [2.24, 2.45) is 0 Å². The molecule has 6 nitrogen and oxygen atoms in total. The lowest BCUT2D eigenvalue weighted by atomic mass is 10.2. The topological polar surface area (TPSA) is 76.8 Å². The molecule has 2 heterocycles. The van der Waals surface area contributed by atoms with Crippen LogP contribution >= 0.6 is 11.3 Å². The van der Waals surface area contributed by atoms with E-state index in [0.717, 1.165) is 19.6 Å². The smallest absolute Gasteiger partial charge is 0.331 e. The average Bonchev–Trinajstić information content (AvgIpc) is 3.35. The maximum absolute atomic E-state index is 12.0. The Morgan fingerprint density at radius 1 is 1.11 bits per heavy atom. The van der Waals surface area contributed by atoms with Crippen LogP contribution in [0.2, 0.25) is 0 Å². The molecule has 1 aromatic carbocycles. The van der Waals surface area contributed by atoms with Gasteiger partial charge in [-0.15, -0.1) is 11.3 Å². The third kappa shape index (κ3) is 4.78. The molecule has 3 rings (SSSR count). The Kier molecular flexibility index (Phi) is 6.13. The maximum Gasteiger partial charge on any atom is 0.331 e. The quantitative estimate of drug-likeness (QED) is 0.429. The summed E-state index contributed by atoms with van der Waals surface area (Å²) in [6.45, 7) is -0.147. The second-order valence-electron chi connectivity index (χ2n) is 6.02. The Morgan fingerprint density at radius 3 is 2.57 bits per heavy atom. The van der Waals surface area contributed by atoms with Gasteiger partial charge in [-0.1, -0.05) is 30.3 Å². The third-order valence-electron chi connectivity index (χ3n) is 3.80. The molecule has 0 amide bonds. The predicted octanol–water partition coefficient (Wildman–Crippen LogP) is 4.02. The van der Waals surface area contributed by atoms with Crippen molar-refractivity contribution in [2.45, 2.75) is 11.7 Å². The minimum atomic E-state index is -3.65. The highest BCUT2D eigenvalue weighted by atomic mass is 32.2. The monoisotopic (exact) mass is 417 g/mol. The number of furan rings is 1. The second kappa shape index (κ2) is 8.55. The predicted molar refractivity (Wildman–Crippen MR) is 108 cm³/mol. The van der Waals surface area contributed by atoms with E-state index in [1.54, 1.807) is 17.4 Å². The number of ether oxygens (including phenoxy) is 1. The van der Waals surface area contributed by atoms with Crippen LogP contribution in [0.3, 0.4) is 0 Å². The van der Waals surface area contributed by atoms with Crippen molar-refractivity contribution in [1.29, 1.82) is 0 Å². The number of hydrogen-bond donors (Lipinski definition) is 0. The first kappa shape index (κ1) is 20.1. The number of nitrogens with zero attached hydrogens (tertiary/aromatic N) is 1. The standard InChI is InChI=1S/C20H19NO5S2/c1-21(2)28(23,24)20-13-8-16(26-20)14-25-19(22)12-10-17-9-11-18(27-17)15-6-4-3-5-7-15/h3-13H,14H2,1-2H3/b12-10+. The van der Waals surface area contributed by atoms with Gasteiger partial charge < -0.3 is 9.15 Å². The number of thiophene rings is 1. The molecule has 0 atom stereocenters. The highest BCUT2D eigenvalue weighted by Crippen LogP contribution is 2.28. The SMILES string of the molecule is CN(C)S(=O)(=O)c1ccc(COC(=O)/C=C/c2ccc(-c3ccccc3)s2)o1. The number of esters is 1. The lowest BCUT2D eigenvalue weighted by Crippen LogP contribution is -2.21. The highest BCUT2D eigenvalue weighted by Gasteiger charge is 2.21. The van der Waals surface area contributed by atoms with Crippen molar-refractivity contribution in [1.82, 2.24) is 4.31 Å². The van der Waals surface area contributed by atoms with Crippen LogP contribution in [0.5, 0.6) is 0 Å². The van der Waals surface area contributed by atoms with Gasteiger partial charge in [0, 0.05) is 29.9 Å².